The van der Waals surface area contributed by atoms with Gasteiger partial charge in [0.1, 0.15) is 12.4 Å². The molecule has 0 unspecified atom stereocenters. The number of benzene rings is 3. The molecule has 3 aromatic carbocycles. The smallest absolute Gasteiger partial charge is 0.293 e. The summed E-state index contributed by atoms with van der Waals surface area (Å²) in [5, 5.41) is 10.7. The van der Waals surface area contributed by atoms with Crippen molar-refractivity contribution < 1.29 is 19.2 Å². The van der Waals surface area contributed by atoms with Crippen molar-refractivity contribution in [3.05, 3.63) is 105 Å². The highest BCUT2D eigenvalue weighted by atomic mass is 127. The molecule has 178 valence electrons. The number of imide groups is 1. The van der Waals surface area contributed by atoms with E-state index in [0.717, 1.165) is 35.6 Å². The van der Waals surface area contributed by atoms with Crippen molar-refractivity contribution in [1.82, 2.24) is 4.90 Å². The molecule has 1 fully saturated rings. The van der Waals surface area contributed by atoms with Crippen molar-refractivity contribution in [3.8, 4) is 5.75 Å². The normalized spacial score (nSPS) is 14.6. The highest BCUT2D eigenvalue weighted by Gasteiger charge is 2.35. The number of non-ortho nitro benzene ring substituents is 1. The quantitative estimate of drug-likeness (QED) is 0.114. The number of carbonyl (C=O) groups excluding carboxylic acids is 2. The largest absolute Gasteiger partial charge is 0.487 e. The van der Waals surface area contributed by atoms with Gasteiger partial charge < -0.3 is 4.74 Å². The number of nitrogens with zero attached hydrogens (tertiary/aromatic N) is 2. The molecule has 1 heterocycles. The van der Waals surface area contributed by atoms with Crippen LogP contribution in [0.1, 0.15) is 22.3 Å². The van der Waals surface area contributed by atoms with E-state index in [1.165, 1.54) is 17.0 Å². The first-order valence-electron chi connectivity index (χ1n) is 10.4. The number of thioether (sulfide) groups is 1. The highest BCUT2D eigenvalue weighted by molar-refractivity contribution is 14.1. The van der Waals surface area contributed by atoms with Crippen molar-refractivity contribution in [3.63, 3.8) is 0 Å². The molecule has 0 bridgehead atoms. The van der Waals surface area contributed by atoms with Crippen molar-refractivity contribution >= 4 is 79.9 Å². The number of aryl methyl sites for hydroxylation is 1. The lowest BCUT2D eigenvalue weighted by Crippen LogP contribution is -2.27. The molecule has 1 aliphatic heterocycles. The number of nitro groups is 1. The van der Waals surface area contributed by atoms with Gasteiger partial charge in [0.2, 0.25) is 0 Å². The summed E-state index contributed by atoms with van der Waals surface area (Å²) in [6, 6.07) is 17.8. The Kier molecular flexibility index (Phi) is 8.12. The van der Waals surface area contributed by atoms with Gasteiger partial charge in [-0.3, -0.25) is 24.6 Å². The van der Waals surface area contributed by atoms with Crippen LogP contribution in [0.5, 0.6) is 5.75 Å². The van der Waals surface area contributed by atoms with E-state index in [0.29, 0.717) is 16.2 Å². The van der Waals surface area contributed by atoms with E-state index in [-0.39, 0.29) is 30.0 Å². The Balaban J connectivity index is 1.49. The van der Waals surface area contributed by atoms with E-state index in [2.05, 4.69) is 45.2 Å². The average molecular weight is 712 g/mol. The van der Waals surface area contributed by atoms with Crippen LogP contribution in [-0.2, 0) is 17.9 Å². The van der Waals surface area contributed by atoms with Crippen molar-refractivity contribution in [1.29, 1.82) is 0 Å². The van der Waals surface area contributed by atoms with Gasteiger partial charge in [0.15, 0.2) is 0 Å². The maximum atomic E-state index is 12.9. The molecule has 1 aliphatic rings. The third kappa shape index (κ3) is 6.22. The van der Waals surface area contributed by atoms with E-state index in [4.69, 9.17) is 4.74 Å². The molecular formula is C25H18I2N2O5S. The van der Waals surface area contributed by atoms with Crippen LogP contribution in [0.2, 0.25) is 0 Å². The summed E-state index contributed by atoms with van der Waals surface area (Å²) in [6.07, 6.45) is 1.72. The van der Waals surface area contributed by atoms with Crippen LogP contribution < -0.4 is 4.74 Å². The first-order valence-corrected chi connectivity index (χ1v) is 13.3. The number of hydrogen-bond acceptors (Lipinski definition) is 6. The number of halogens is 2. The summed E-state index contributed by atoms with van der Waals surface area (Å²) >= 11 is 5.24. The van der Waals surface area contributed by atoms with Crippen molar-refractivity contribution in [2.45, 2.75) is 20.1 Å². The molecule has 0 spiro atoms. The van der Waals surface area contributed by atoms with Gasteiger partial charge in [-0.15, -0.1) is 0 Å². The van der Waals surface area contributed by atoms with E-state index >= 15 is 0 Å². The van der Waals surface area contributed by atoms with E-state index in [1.54, 1.807) is 18.2 Å². The van der Waals surface area contributed by atoms with Crippen LogP contribution in [0.4, 0.5) is 10.5 Å². The molecule has 3 aromatic rings. The number of rotatable bonds is 7. The molecule has 2 amide bonds. The zero-order valence-corrected chi connectivity index (χ0v) is 23.5. The Bertz CT molecular complexity index is 1340. The average Bonchev–Trinajstić information content (AvgIpc) is 3.07. The fraction of sp³-hybridized carbons (Fsp3) is 0.120. The molecule has 0 aromatic heterocycles. The number of nitro benzene ring substituents is 1. The summed E-state index contributed by atoms with van der Waals surface area (Å²) in [6.45, 7) is 2.41. The van der Waals surface area contributed by atoms with Crippen LogP contribution >= 0.6 is 56.9 Å². The van der Waals surface area contributed by atoms with Crippen molar-refractivity contribution in [2.75, 3.05) is 0 Å². The Morgan fingerprint density at radius 1 is 1.03 bits per heavy atom. The van der Waals surface area contributed by atoms with Gasteiger partial charge in [-0.2, -0.15) is 0 Å². The fourth-order valence-electron chi connectivity index (χ4n) is 3.38. The molecule has 7 nitrogen and oxygen atoms in total. The van der Waals surface area contributed by atoms with E-state index in [9.17, 15) is 19.7 Å². The molecule has 4 rings (SSSR count). The van der Waals surface area contributed by atoms with Gasteiger partial charge in [-0.05, 0) is 98.8 Å². The van der Waals surface area contributed by atoms with Crippen LogP contribution in [0.3, 0.4) is 0 Å². The van der Waals surface area contributed by atoms with Crippen LogP contribution in [0, 0.1) is 24.2 Å². The summed E-state index contributed by atoms with van der Waals surface area (Å²) < 4.78 is 7.60. The molecule has 0 atom stereocenters. The summed E-state index contributed by atoms with van der Waals surface area (Å²) in [5.74, 6) is 0.346. The van der Waals surface area contributed by atoms with Gasteiger partial charge in [-0.1, -0.05) is 42.0 Å². The van der Waals surface area contributed by atoms with Gasteiger partial charge >= 0.3 is 0 Å². The predicted molar refractivity (Wildman–Crippen MR) is 152 cm³/mol. The molecule has 0 aliphatic carbocycles. The fourth-order valence-corrected chi connectivity index (χ4v) is 6.35. The van der Waals surface area contributed by atoms with Crippen molar-refractivity contribution in [2.24, 2.45) is 0 Å². The molecule has 0 radical (unpaired) electrons. The maximum Gasteiger partial charge on any atom is 0.293 e. The minimum atomic E-state index is -0.436. The standard InChI is InChI=1S/C25H18I2N2O5S/c1-15-5-7-16(8-6-15)13-28-24(30)22(35-25(28)31)12-18-10-20(26)23(21(27)11-18)34-14-17-3-2-4-19(9-17)29(32)33/h2-12H,13-14H2,1H3/b22-12-. The Morgan fingerprint density at radius 2 is 1.71 bits per heavy atom. The zero-order valence-electron chi connectivity index (χ0n) is 18.4. The second-order valence-corrected chi connectivity index (χ2v) is 11.1. The third-order valence-corrected chi connectivity index (χ3v) is 7.67. The zero-order chi connectivity index (χ0) is 25.1. The van der Waals surface area contributed by atoms with Gasteiger partial charge in [0.25, 0.3) is 16.8 Å². The molecular weight excluding hydrogens is 694 g/mol. The Labute approximate surface area is 233 Å². The van der Waals surface area contributed by atoms with Gasteiger partial charge in [-0.25, -0.2) is 0 Å². The second-order valence-electron chi connectivity index (χ2n) is 7.78. The van der Waals surface area contributed by atoms with Gasteiger partial charge in [0, 0.05) is 12.1 Å². The number of hydrogen-bond donors (Lipinski definition) is 0. The summed E-state index contributed by atoms with van der Waals surface area (Å²) in [7, 11) is 0. The molecule has 10 heteroatoms. The minimum Gasteiger partial charge on any atom is -0.487 e. The number of carbonyl (C=O) groups is 2. The first-order chi connectivity index (χ1) is 16.7. The van der Waals surface area contributed by atoms with Crippen LogP contribution in [0.25, 0.3) is 6.08 Å². The molecule has 0 saturated carbocycles. The van der Waals surface area contributed by atoms with Crippen LogP contribution in [-0.4, -0.2) is 21.0 Å². The number of amides is 2. The SMILES string of the molecule is Cc1ccc(CN2C(=O)S/C(=C\c3cc(I)c(OCc4cccc([N+](=O)[O-])c4)c(I)c3)C2=O)cc1. The first kappa shape index (κ1) is 25.6. The topological polar surface area (TPSA) is 89.8 Å². The van der Waals surface area contributed by atoms with Gasteiger partial charge in [0.05, 0.1) is 23.5 Å². The Morgan fingerprint density at radius 3 is 2.37 bits per heavy atom. The number of ether oxygens (including phenoxy) is 1. The predicted octanol–water partition coefficient (Wildman–Crippen LogP) is 6.93. The lowest BCUT2D eigenvalue weighted by Gasteiger charge is -2.13. The minimum absolute atomic E-state index is 0.0159. The third-order valence-electron chi connectivity index (χ3n) is 5.16. The monoisotopic (exact) mass is 712 g/mol. The lowest BCUT2D eigenvalue weighted by molar-refractivity contribution is -0.384. The highest BCUT2D eigenvalue weighted by Crippen LogP contribution is 2.35. The lowest BCUT2D eigenvalue weighted by atomic mass is 10.1. The van der Waals surface area contributed by atoms with Crippen LogP contribution in [0.15, 0.2) is 65.6 Å². The molecule has 0 N–H and O–H groups in total. The maximum absolute atomic E-state index is 12.9. The summed E-state index contributed by atoms with van der Waals surface area (Å²) in [5.41, 5.74) is 3.50. The molecule has 1 saturated heterocycles. The Hall–Kier alpha value is -2.45. The van der Waals surface area contributed by atoms with E-state index in [1.807, 2.05) is 43.3 Å². The second kappa shape index (κ2) is 11.1. The summed E-state index contributed by atoms with van der Waals surface area (Å²) in [4.78, 5) is 37.6. The molecule has 35 heavy (non-hydrogen) atoms. The van der Waals surface area contributed by atoms with E-state index < -0.39 is 4.92 Å².